The Bertz CT molecular complexity index is 742. The fourth-order valence-electron chi connectivity index (χ4n) is 2.26. The van der Waals surface area contributed by atoms with Gasteiger partial charge in [-0.2, -0.15) is 0 Å². The molecule has 2 aromatic carbocycles. The molecular formula is C21H24ClNO4. The third-order valence-electron chi connectivity index (χ3n) is 3.76. The van der Waals surface area contributed by atoms with Crippen LogP contribution in [-0.2, 0) is 27.3 Å². The predicted octanol–water partition coefficient (Wildman–Crippen LogP) is 3.78. The number of halogens is 1. The highest BCUT2D eigenvalue weighted by Crippen LogP contribution is 2.10. The molecule has 5 nitrogen and oxygen atoms in total. The van der Waals surface area contributed by atoms with Crippen molar-refractivity contribution in [3.63, 3.8) is 0 Å². The van der Waals surface area contributed by atoms with Crippen LogP contribution in [0.1, 0.15) is 35.3 Å². The molecular weight excluding hydrogens is 366 g/mol. The normalized spacial score (nSPS) is 10.7. The molecule has 2 aromatic rings. The summed E-state index contributed by atoms with van der Waals surface area (Å²) < 4.78 is 10.6. The summed E-state index contributed by atoms with van der Waals surface area (Å²) in [4.78, 5) is 23.8. The molecule has 0 atom stereocenters. The van der Waals surface area contributed by atoms with Gasteiger partial charge in [0.1, 0.15) is 0 Å². The van der Waals surface area contributed by atoms with Gasteiger partial charge in [-0.3, -0.25) is 4.79 Å². The Morgan fingerprint density at radius 2 is 1.63 bits per heavy atom. The van der Waals surface area contributed by atoms with E-state index in [2.05, 4.69) is 5.32 Å². The van der Waals surface area contributed by atoms with Crippen molar-refractivity contribution in [3.05, 3.63) is 70.2 Å². The summed E-state index contributed by atoms with van der Waals surface area (Å²) in [6, 6.07) is 14.4. The number of hydrogen-bond donors (Lipinski definition) is 1. The lowest BCUT2D eigenvalue weighted by Gasteiger charge is -2.09. The molecule has 6 heteroatoms. The van der Waals surface area contributed by atoms with Crippen molar-refractivity contribution >= 4 is 23.5 Å². The molecule has 0 aliphatic heterocycles. The van der Waals surface area contributed by atoms with Crippen LogP contribution in [0.3, 0.4) is 0 Å². The van der Waals surface area contributed by atoms with E-state index in [1.54, 1.807) is 24.3 Å². The first-order valence-electron chi connectivity index (χ1n) is 8.83. The highest BCUT2D eigenvalue weighted by molar-refractivity contribution is 6.30. The Morgan fingerprint density at radius 3 is 2.26 bits per heavy atom. The second-order valence-corrected chi connectivity index (χ2v) is 6.80. The summed E-state index contributed by atoms with van der Waals surface area (Å²) in [6.07, 6.45) is 0.824. The molecule has 1 N–H and O–H groups in total. The number of benzene rings is 2. The monoisotopic (exact) mass is 389 g/mol. The number of esters is 1. The van der Waals surface area contributed by atoms with Crippen LogP contribution in [0, 0.1) is 0 Å². The van der Waals surface area contributed by atoms with Gasteiger partial charge in [0.25, 0.3) is 5.91 Å². The number of rotatable bonds is 9. The zero-order valence-electron chi connectivity index (χ0n) is 15.5. The summed E-state index contributed by atoms with van der Waals surface area (Å²) in [5.41, 5.74) is 2.44. The molecule has 144 valence electrons. The molecule has 0 aliphatic rings. The smallest absolute Gasteiger partial charge is 0.338 e. The Hall–Kier alpha value is -2.37. The van der Waals surface area contributed by atoms with E-state index in [-0.39, 0.29) is 18.6 Å². The van der Waals surface area contributed by atoms with Crippen LogP contribution < -0.4 is 5.32 Å². The summed E-state index contributed by atoms with van der Waals surface area (Å²) in [5, 5.41) is 3.40. The Kier molecular flexibility index (Phi) is 8.30. The number of amides is 1. The number of carbonyl (C=O) groups is 2. The number of hydrogen-bond acceptors (Lipinski definition) is 4. The molecule has 0 heterocycles. The fraction of sp³-hybridized carbons (Fsp3) is 0.333. The van der Waals surface area contributed by atoms with Gasteiger partial charge in [0.2, 0.25) is 0 Å². The summed E-state index contributed by atoms with van der Waals surface area (Å²) in [6.45, 7) is 4.57. The third-order valence-corrected chi connectivity index (χ3v) is 4.01. The third kappa shape index (κ3) is 7.81. The molecule has 0 bridgehead atoms. The first-order valence-corrected chi connectivity index (χ1v) is 9.20. The summed E-state index contributed by atoms with van der Waals surface area (Å²) >= 11 is 5.83. The van der Waals surface area contributed by atoms with E-state index < -0.39 is 5.97 Å². The highest BCUT2D eigenvalue weighted by atomic mass is 35.5. The first kappa shape index (κ1) is 20.9. The molecule has 0 saturated heterocycles. The Morgan fingerprint density at radius 1 is 1.00 bits per heavy atom. The van der Waals surface area contributed by atoms with Crippen molar-refractivity contribution in [2.75, 3.05) is 13.2 Å². The van der Waals surface area contributed by atoms with Gasteiger partial charge in [-0.1, -0.05) is 35.9 Å². The minimum Gasteiger partial charge on any atom is -0.452 e. The largest absolute Gasteiger partial charge is 0.452 e. The van der Waals surface area contributed by atoms with Gasteiger partial charge < -0.3 is 14.8 Å². The molecule has 0 fully saturated rings. The lowest BCUT2D eigenvalue weighted by molar-refractivity contribution is -0.124. The zero-order valence-corrected chi connectivity index (χ0v) is 16.3. The second-order valence-electron chi connectivity index (χ2n) is 6.36. The predicted molar refractivity (Wildman–Crippen MR) is 105 cm³/mol. The fourth-order valence-corrected chi connectivity index (χ4v) is 2.39. The average molecular weight is 390 g/mol. The van der Waals surface area contributed by atoms with Crippen molar-refractivity contribution in [2.24, 2.45) is 0 Å². The van der Waals surface area contributed by atoms with Crippen LogP contribution >= 0.6 is 11.6 Å². The van der Waals surface area contributed by atoms with Gasteiger partial charge >= 0.3 is 5.97 Å². The van der Waals surface area contributed by atoms with Gasteiger partial charge in [0.15, 0.2) is 6.61 Å². The van der Waals surface area contributed by atoms with Gasteiger partial charge in [0, 0.05) is 11.6 Å². The van der Waals surface area contributed by atoms with Crippen molar-refractivity contribution in [3.8, 4) is 0 Å². The molecule has 0 saturated carbocycles. The van der Waals surface area contributed by atoms with Crippen molar-refractivity contribution in [1.29, 1.82) is 0 Å². The second kappa shape index (κ2) is 10.7. The molecule has 2 rings (SSSR count). The highest BCUT2D eigenvalue weighted by Gasteiger charge is 2.10. The topological polar surface area (TPSA) is 64.6 Å². The zero-order chi connectivity index (χ0) is 19.6. The van der Waals surface area contributed by atoms with Crippen LogP contribution in [0.25, 0.3) is 0 Å². The van der Waals surface area contributed by atoms with E-state index in [0.717, 1.165) is 11.1 Å². The first-order chi connectivity index (χ1) is 12.9. The minimum absolute atomic E-state index is 0.146. The molecule has 27 heavy (non-hydrogen) atoms. The summed E-state index contributed by atoms with van der Waals surface area (Å²) in [5.74, 6) is -0.863. The summed E-state index contributed by atoms with van der Waals surface area (Å²) in [7, 11) is 0. The lowest BCUT2D eigenvalue weighted by Crippen LogP contribution is -2.30. The van der Waals surface area contributed by atoms with E-state index in [1.165, 1.54) is 0 Å². The van der Waals surface area contributed by atoms with Crippen molar-refractivity contribution in [1.82, 2.24) is 5.32 Å². The van der Waals surface area contributed by atoms with Crippen LogP contribution in [-0.4, -0.2) is 31.1 Å². The molecule has 0 radical (unpaired) electrons. The van der Waals surface area contributed by atoms with Crippen molar-refractivity contribution < 1.29 is 19.1 Å². The average Bonchev–Trinajstić information content (AvgIpc) is 2.66. The molecule has 0 unspecified atom stereocenters. The standard InChI is InChI=1S/C21H24ClNO4/c1-15(2)26-13-17-3-7-18(8-4-17)21(25)27-14-20(24)23-12-11-16-5-9-19(22)10-6-16/h3-10,15H,11-14H2,1-2H3,(H,23,24). The molecule has 0 aromatic heterocycles. The van der Waals surface area contributed by atoms with E-state index in [1.807, 2.05) is 38.1 Å². The number of nitrogens with one attached hydrogen (secondary N) is 1. The molecule has 1 amide bonds. The van der Waals surface area contributed by atoms with Gasteiger partial charge in [0.05, 0.1) is 18.3 Å². The SMILES string of the molecule is CC(C)OCc1ccc(C(=O)OCC(=O)NCCc2ccc(Cl)cc2)cc1. The minimum atomic E-state index is -0.529. The van der Waals surface area contributed by atoms with Crippen LogP contribution in [0.2, 0.25) is 5.02 Å². The maximum Gasteiger partial charge on any atom is 0.338 e. The van der Waals surface area contributed by atoms with E-state index >= 15 is 0 Å². The maximum atomic E-state index is 12.0. The van der Waals surface area contributed by atoms with Crippen LogP contribution in [0.5, 0.6) is 0 Å². The quantitative estimate of drug-likeness (QED) is 0.663. The number of ether oxygens (including phenoxy) is 2. The maximum absolute atomic E-state index is 12.0. The Balaban J connectivity index is 1.69. The lowest BCUT2D eigenvalue weighted by atomic mass is 10.1. The van der Waals surface area contributed by atoms with Crippen LogP contribution in [0.4, 0.5) is 0 Å². The molecule has 0 aliphatic carbocycles. The molecule has 0 spiro atoms. The van der Waals surface area contributed by atoms with E-state index in [0.29, 0.717) is 30.2 Å². The Labute approximate surface area is 164 Å². The van der Waals surface area contributed by atoms with Crippen molar-refractivity contribution in [2.45, 2.75) is 33.0 Å². The van der Waals surface area contributed by atoms with E-state index in [9.17, 15) is 9.59 Å². The van der Waals surface area contributed by atoms with E-state index in [4.69, 9.17) is 21.1 Å². The number of carbonyl (C=O) groups excluding carboxylic acids is 2. The van der Waals surface area contributed by atoms with Gasteiger partial charge in [-0.05, 0) is 55.7 Å². The van der Waals surface area contributed by atoms with Gasteiger partial charge in [-0.25, -0.2) is 4.79 Å². The van der Waals surface area contributed by atoms with Crippen LogP contribution in [0.15, 0.2) is 48.5 Å². The van der Waals surface area contributed by atoms with Gasteiger partial charge in [-0.15, -0.1) is 0 Å².